The number of carbonyl (C=O) groups is 8. The molecule has 420 valence electrons. The molecule has 0 spiro atoms. The van der Waals surface area contributed by atoms with E-state index >= 15 is 0 Å². The van der Waals surface area contributed by atoms with E-state index in [0.29, 0.717) is 0 Å². The number of hydrogen-bond acceptors (Lipinski definition) is 23. The number of nitrogens with zero attached hydrogens (tertiary/aromatic N) is 3. The lowest BCUT2D eigenvalue weighted by Gasteiger charge is -2.32. The van der Waals surface area contributed by atoms with Crippen molar-refractivity contribution < 1.29 is 95.2 Å². The van der Waals surface area contributed by atoms with Crippen LogP contribution in [0, 0.1) is 16.2 Å². The summed E-state index contributed by atoms with van der Waals surface area (Å²) in [5.41, 5.74) is -4.79. The predicted molar refractivity (Wildman–Crippen MR) is 279 cm³/mol. The molecule has 0 aliphatic rings. The normalized spacial score (nSPS) is 10.5. The Labute approximate surface area is 449 Å². The van der Waals surface area contributed by atoms with Gasteiger partial charge >= 0.3 is 48.1 Å². The highest BCUT2D eigenvalue weighted by Gasteiger charge is 2.40. The van der Waals surface area contributed by atoms with Gasteiger partial charge in [-0.3, -0.25) is 16.0 Å². The molecule has 3 amide bonds. The molecular weight excluding hydrogens is 1030 g/mol. The molecule has 0 bridgehead atoms. The van der Waals surface area contributed by atoms with E-state index in [1.165, 1.54) is 24.3 Å². The van der Waals surface area contributed by atoms with E-state index in [4.69, 9.17) is 56.8 Å². The van der Waals surface area contributed by atoms with Gasteiger partial charge < -0.3 is 56.8 Å². The Morgan fingerprint density at radius 3 is 0.628 bits per heavy atom. The number of anilines is 3. The first-order valence-electron chi connectivity index (χ1n) is 22.3. The van der Waals surface area contributed by atoms with Crippen molar-refractivity contribution in [1.82, 2.24) is 15.0 Å². The molecule has 1 aromatic rings. The summed E-state index contributed by atoms with van der Waals surface area (Å²) in [6, 6.07) is 0. The van der Waals surface area contributed by atoms with E-state index in [1.54, 1.807) is 0 Å². The van der Waals surface area contributed by atoms with Gasteiger partial charge in [0.1, 0.15) is 119 Å². The molecule has 26 heteroatoms. The van der Waals surface area contributed by atoms with E-state index in [-0.39, 0.29) is 42.9 Å². The highest BCUT2D eigenvalue weighted by atomic mass is 16.6. The minimum atomic E-state index is -1.79. The zero-order chi connectivity index (χ0) is 58.7. The van der Waals surface area contributed by atoms with Crippen molar-refractivity contribution in [2.24, 2.45) is 16.2 Å². The van der Waals surface area contributed by atoms with Crippen LogP contribution < -0.4 is 16.0 Å². The summed E-state index contributed by atoms with van der Waals surface area (Å²) in [5, 5.41) is 6.57. The molecule has 0 aliphatic carbocycles. The molecule has 0 fully saturated rings. The van der Waals surface area contributed by atoms with Gasteiger partial charge in [0.05, 0.1) is 0 Å². The Hall–Kier alpha value is -10.0. The van der Waals surface area contributed by atoms with Crippen LogP contribution in [0.15, 0.2) is 163 Å². The maximum atomic E-state index is 13.6. The first kappa shape index (κ1) is 66.0. The number of allylic oxidation sites excluding steroid dienone is 4. The van der Waals surface area contributed by atoms with Gasteiger partial charge in [0.15, 0.2) is 0 Å². The molecule has 0 aliphatic heterocycles. The number of amides is 3. The lowest BCUT2D eigenvalue weighted by atomic mass is 9.92. The molecule has 26 nitrogen and oxygen atoms in total. The second-order valence-electron chi connectivity index (χ2n) is 15.8. The first-order valence-corrected chi connectivity index (χ1v) is 22.3. The van der Waals surface area contributed by atoms with Crippen molar-refractivity contribution in [1.29, 1.82) is 0 Å². The summed E-state index contributed by atoms with van der Waals surface area (Å²) in [6.07, 6.45) is 5.31. The summed E-state index contributed by atoms with van der Waals surface area (Å²) >= 11 is 0. The zero-order valence-corrected chi connectivity index (χ0v) is 42.9. The summed E-state index contributed by atoms with van der Waals surface area (Å²) in [5.74, 6) is -6.47. The highest BCUT2D eigenvalue weighted by molar-refractivity contribution is 5.87. The SMILES string of the molecule is C=CC(=C)OCC(COC(=C)C=C)(COC(=C)C=C)COC(=O)Nc1nc(NC(=O)OCC(COC(=C)C=C)(COC(=O)C=C)COC(=O)C=C)nc(NC(=O)OCC(COC(=O)C=C)(COC(=O)C=C)COC(=O)C=C)n1. The molecule has 1 heterocycles. The standard InChI is InChI=1S/C52H62N6O20/c1-14-35(10)67-23-50(24-68-36(11)15-2,25-69-37(12)16-3)32-76-47(64)56-44-53-45(57-48(65)77-33-51(26-70-38(13)17-4,27-71-39(59)18-5)28-72-40(60)19-6)55-46(54-44)58-49(66)78-34-52(29-73-41(61)20-7,30-74-42(62)21-8)31-75-43(63)22-9/h14-22H,1-13,23-34H2,(H3,53,54,55,56,57,58,64,65,66). The van der Waals surface area contributed by atoms with E-state index in [0.717, 1.165) is 30.4 Å². The average Bonchev–Trinajstić information content (AvgIpc) is 3.45. The Kier molecular flexibility index (Phi) is 29.2. The topological polar surface area (TPSA) is 322 Å². The summed E-state index contributed by atoms with van der Waals surface area (Å²) in [7, 11) is 0. The zero-order valence-electron chi connectivity index (χ0n) is 42.9. The number of ether oxygens (including phenoxy) is 12. The van der Waals surface area contributed by atoms with Gasteiger partial charge in [-0.25, -0.2) is 38.4 Å². The third-order valence-electron chi connectivity index (χ3n) is 9.41. The van der Waals surface area contributed by atoms with Crippen LogP contribution in [0.5, 0.6) is 0 Å². The molecule has 78 heavy (non-hydrogen) atoms. The predicted octanol–water partition coefficient (Wildman–Crippen LogP) is 5.99. The highest BCUT2D eigenvalue weighted by Crippen LogP contribution is 2.27. The molecule has 1 rings (SSSR count). The number of nitrogens with one attached hydrogen (secondary N) is 3. The largest absolute Gasteiger partial charge is 0.493 e. The molecule has 1 aromatic heterocycles. The van der Waals surface area contributed by atoms with Crippen LogP contribution in [0.1, 0.15) is 0 Å². The van der Waals surface area contributed by atoms with Crippen molar-refractivity contribution >= 4 is 66.0 Å². The van der Waals surface area contributed by atoms with Crippen molar-refractivity contribution in [3.05, 3.63) is 163 Å². The number of rotatable bonds is 40. The third kappa shape index (κ3) is 25.8. The quantitative estimate of drug-likeness (QED) is 0.0223. The van der Waals surface area contributed by atoms with Crippen LogP contribution in [0.3, 0.4) is 0 Å². The minimum Gasteiger partial charge on any atom is -0.493 e. The van der Waals surface area contributed by atoms with E-state index in [1.807, 2.05) is 0 Å². The van der Waals surface area contributed by atoms with Gasteiger partial charge in [0.25, 0.3) is 0 Å². The second-order valence-corrected chi connectivity index (χ2v) is 15.8. The lowest BCUT2D eigenvalue weighted by Crippen LogP contribution is -2.44. The van der Waals surface area contributed by atoms with Gasteiger partial charge in [-0.1, -0.05) is 85.5 Å². The first-order chi connectivity index (χ1) is 37.0. The number of aromatic nitrogens is 3. The molecule has 0 saturated heterocycles. The molecular formula is C52H62N6O20. The van der Waals surface area contributed by atoms with E-state index in [2.05, 4.69) is 116 Å². The van der Waals surface area contributed by atoms with Crippen LogP contribution in [-0.4, -0.2) is 142 Å². The summed E-state index contributed by atoms with van der Waals surface area (Å²) in [6.45, 7) is 39.3. The molecule has 0 unspecified atom stereocenters. The Morgan fingerprint density at radius 2 is 0.462 bits per heavy atom. The number of carbonyl (C=O) groups excluding carboxylic acids is 8. The van der Waals surface area contributed by atoms with Gasteiger partial charge in [0.2, 0.25) is 17.8 Å². The van der Waals surface area contributed by atoms with Gasteiger partial charge in [-0.2, -0.15) is 15.0 Å². The van der Waals surface area contributed by atoms with Gasteiger partial charge in [-0.15, -0.1) is 0 Å². The second kappa shape index (κ2) is 34.5. The fourth-order valence-corrected chi connectivity index (χ4v) is 4.97. The van der Waals surface area contributed by atoms with Crippen LogP contribution in [0.2, 0.25) is 0 Å². The van der Waals surface area contributed by atoms with Gasteiger partial charge in [-0.05, 0) is 24.3 Å². The molecule has 3 N–H and O–H groups in total. The maximum Gasteiger partial charge on any atom is 0.414 e. The summed E-state index contributed by atoms with van der Waals surface area (Å²) < 4.78 is 65.1. The lowest BCUT2D eigenvalue weighted by molar-refractivity contribution is -0.159. The molecule has 0 radical (unpaired) electrons. The van der Waals surface area contributed by atoms with Crippen LogP contribution >= 0.6 is 0 Å². The van der Waals surface area contributed by atoms with Crippen molar-refractivity contribution in [3.8, 4) is 0 Å². The number of esters is 5. The Morgan fingerprint density at radius 1 is 0.295 bits per heavy atom. The van der Waals surface area contributed by atoms with Crippen LogP contribution in [0.4, 0.5) is 32.2 Å². The van der Waals surface area contributed by atoms with Crippen LogP contribution in [0.25, 0.3) is 0 Å². The molecule has 0 aromatic carbocycles. The molecule has 0 atom stereocenters. The fraction of sp³-hybridized carbons (Fsp3) is 0.288. The Balaban J connectivity index is 3.87. The molecule has 0 saturated carbocycles. The fourth-order valence-electron chi connectivity index (χ4n) is 4.97. The van der Waals surface area contributed by atoms with Gasteiger partial charge in [0, 0.05) is 30.4 Å². The van der Waals surface area contributed by atoms with Crippen molar-refractivity contribution in [2.45, 2.75) is 0 Å². The van der Waals surface area contributed by atoms with E-state index < -0.39 is 142 Å². The number of hydrogen-bond donors (Lipinski definition) is 3. The third-order valence-corrected chi connectivity index (χ3v) is 9.41. The summed E-state index contributed by atoms with van der Waals surface area (Å²) in [4.78, 5) is 113. The smallest absolute Gasteiger partial charge is 0.414 e. The average molecular weight is 1090 g/mol. The Bertz CT molecular complexity index is 2040. The van der Waals surface area contributed by atoms with Crippen LogP contribution in [-0.2, 0) is 80.8 Å². The minimum absolute atomic E-state index is 0.0294. The monoisotopic (exact) mass is 1090 g/mol. The van der Waals surface area contributed by atoms with E-state index in [9.17, 15) is 38.4 Å². The van der Waals surface area contributed by atoms with Crippen molar-refractivity contribution in [2.75, 3.05) is 95.2 Å². The van der Waals surface area contributed by atoms with Crippen molar-refractivity contribution in [3.63, 3.8) is 0 Å². The maximum absolute atomic E-state index is 13.6.